The van der Waals surface area contributed by atoms with Crippen molar-refractivity contribution in [3.63, 3.8) is 0 Å². The molecule has 3 aromatic rings. The summed E-state index contributed by atoms with van der Waals surface area (Å²) in [5, 5.41) is 27.1. The summed E-state index contributed by atoms with van der Waals surface area (Å²) in [6.45, 7) is 6.08. The summed E-state index contributed by atoms with van der Waals surface area (Å²) in [7, 11) is 0. The maximum absolute atomic E-state index is 12.9. The van der Waals surface area contributed by atoms with Crippen LogP contribution in [0, 0.1) is 13.8 Å². The van der Waals surface area contributed by atoms with Crippen LogP contribution in [0.5, 0.6) is 0 Å². The fraction of sp³-hybridized carbons (Fsp3) is 0.476. The quantitative estimate of drug-likeness (QED) is 0.650. The van der Waals surface area contributed by atoms with E-state index in [1.54, 1.807) is 10.9 Å². The normalized spacial score (nSPS) is 24.5. The summed E-state index contributed by atoms with van der Waals surface area (Å²) in [6, 6.07) is 4.36. The molecule has 0 saturated carbocycles. The number of piperidine rings is 1. The van der Waals surface area contributed by atoms with Crippen molar-refractivity contribution in [2.75, 3.05) is 0 Å². The fourth-order valence-corrected chi connectivity index (χ4v) is 4.22. The minimum Gasteiger partial charge on any atom is -0.385 e. The Balaban J connectivity index is 1.54. The molecule has 1 unspecified atom stereocenters. The van der Waals surface area contributed by atoms with Gasteiger partial charge in [0.1, 0.15) is 5.76 Å². The van der Waals surface area contributed by atoms with Crippen molar-refractivity contribution in [1.29, 1.82) is 0 Å². The van der Waals surface area contributed by atoms with Crippen molar-refractivity contribution in [2.45, 2.75) is 64.0 Å². The first-order valence-corrected chi connectivity index (χ1v) is 10.0. The van der Waals surface area contributed by atoms with Crippen LogP contribution in [0.4, 0.5) is 13.2 Å². The minimum absolute atomic E-state index is 0.0706. The molecule has 4 rings (SSSR count). The Morgan fingerprint density at radius 3 is 2.55 bits per heavy atom. The third kappa shape index (κ3) is 4.35. The van der Waals surface area contributed by atoms with Gasteiger partial charge in [0.2, 0.25) is 0 Å². The van der Waals surface area contributed by atoms with Crippen LogP contribution in [0.15, 0.2) is 35.0 Å². The van der Waals surface area contributed by atoms with Gasteiger partial charge in [-0.1, -0.05) is 22.5 Å². The molecular formula is C21H24F3N5O2. The van der Waals surface area contributed by atoms with Gasteiger partial charge in [-0.2, -0.15) is 13.2 Å². The Labute approximate surface area is 177 Å². The zero-order chi connectivity index (χ0) is 22.4. The predicted molar refractivity (Wildman–Crippen MR) is 105 cm³/mol. The molecule has 1 aliphatic rings. The van der Waals surface area contributed by atoms with Gasteiger partial charge in [-0.15, -0.1) is 5.10 Å². The molecule has 1 aromatic carbocycles. The second-order valence-corrected chi connectivity index (χ2v) is 8.28. The lowest BCUT2D eigenvalue weighted by molar-refractivity contribution is -0.137. The molecule has 2 N–H and O–H groups in total. The maximum atomic E-state index is 12.9. The average Bonchev–Trinajstić information content (AvgIpc) is 3.29. The Morgan fingerprint density at radius 1 is 1.23 bits per heavy atom. The van der Waals surface area contributed by atoms with E-state index in [1.807, 2.05) is 20.8 Å². The van der Waals surface area contributed by atoms with Gasteiger partial charge in [-0.25, -0.2) is 4.68 Å². The van der Waals surface area contributed by atoms with Gasteiger partial charge in [0.25, 0.3) is 0 Å². The maximum Gasteiger partial charge on any atom is 0.416 e. The highest BCUT2D eigenvalue weighted by atomic mass is 19.4. The molecule has 1 aliphatic heterocycles. The third-order valence-electron chi connectivity index (χ3n) is 5.84. The molecule has 0 radical (unpaired) electrons. The molecule has 1 saturated heterocycles. The number of hydrogen-bond donors (Lipinski definition) is 2. The first-order chi connectivity index (χ1) is 14.5. The van der Waals surface area contributed by atoms with Crippen molar-refractivity contribution >= 4 is 0 Å². The van der Waals surface area contributed by atoms with Crippen molar-refractivity contribution in [3.05, 3.63) is 64.3 Å². The summed E-state index contributed by atoms with van der Waals surface area (Å²) in [5.41, 5.74) is 0.829. The number of alkyl halides is 3. The summed E-state index contributed by atoms with van der Waals surface area (Å²) in [6.07, 6.45) is -1.96. The number of aryl methyl sites for hydroxylation is 2. The van der Waals surface area contributed by atoms with E-state index in [2.05, 4.69) is 20.8 Å². The number of aliphatic hydroxyl groups is 1. The van der Waals surface area contributed by atoms with Crippen molar-refractivity contribution in [3.8, 4) is 0 Å². The van der Waals surface area contributed by atoms with Crippen LogP contribution in [-0.2, 0) is 18.3 Å². The highest BCUT2D eigenvalue weighted by Gasteiger charge is 2.41. The largest absolute Gasteiger partial charge is 0.416 e. The molecule has 1 fully saturated rings. The van der Waals surface area contributed by atoms with Crippen LogP contribution in [0.3, 0.4) is 0 Å². The average molecular weight is 435 g/mol. The van der Waals surface area contributed by atoms with Crippen molar-refractivity contribution < 1.29 is 22.8 Å². The zero-order valence-corrected chi connectivity index (χ0v) is 17.4. The van der Waals surface area contributed by atoms with Gasteiger partial charge in [0.05, 0.1) is 41.3 Å². The molecule has 0 aliphatic carbocycles. The Morgan fingerprint density at radius 2 is 1.94 bits per heavy atom. The van der Waals surface area contributed by atoms with Crippen LogP contribution >= 0.6 is 0 Å². The summed E-state index contributed by atoms with van der Waals surface area (Å²) >= 11 is 0. The molecule has 31 heavy (non-hydrogen) atoms. The molecule has 0 bridgehead atoms. The van der Waals surface area contributed by atoms with Crippen molar-refractivity contribution in [1.82, 2.24) is 25.5 Å². The van der Waals surface area contributed by atoms with Gasteiger partial charge >= 0.3 is 6.18 Å². The third-order valence-corrected chi connectivity index (χ3v) is 5.84. The van der Waals surface area contributed by atoms with Crippen LogP contribution in [0.1, 0.15) is 59.6 Å². The van der Waals surface area contributed by atoms with E-state index in [4.69, 9.17) is 4.52 Å². The lowest BCUT2D eigenvalue weighted by atomic mass is 9.78. The van der Waals surface area contributed by atoms with Gasteiger partial charge in [-0.3, -0.25) is 0 Å². The first-order valence-electron chi connectivity index (χ1n) is 10.0. The fourth-order valence-electron chi connectivity index (χ4n) is 4.22. The van der Waals surface area contributed by atoms with E-state index in [0.29, 0.717) is 24.2 Å². The van der Waals surface area contributed by atoms with Crippen molar-refractivity contribution in [2.24, 2.45) is 0 Å². The number of aromatic nitrogens is 4. The number of halogens is 3. The van der Waals surface area contributed by atoms with E-state index >= 15 is 0 Å². The van der Waals surface area contributed by atoms with Crippen LogP contribution in [0.25, 0.3) is 0 Å². The molecule has 166 valence electrons. The molecule has 3 atom stereocenters. The molecule has 7 nitrogen and oxygen atoms in total. The highest BCUT2D eigenvalue weighted by Crippen LogP contribution is 2.40. The topological polar surface area (TPSA) is 89.0 Å². The number of hydrogen-bond acceptors (Lipinski definition) is 6. The van der Waals surface area contributed by atoms with Crippen LogP contribution in [0.2, 0.25) is 0 Å². The highest BCUT2D eigenvalue weighted by molar-refractivity contribution is 5.30. The number of benzene rings is 1. The summed E-state index contributed by atoms with van der Waals surface area (Å²) in [4.78, 5) is 0. The standard InChI is InChI=1S/C21H24F3N5O2/c1-12-8-20(30,15-4-6-16(7-5-15)21(22,23)24)9-18(25-12)19-11-29(28-26-19)10-17-13(2)27-31-14(17)3/h4-7,11-12,18,25,30H,8-10H2,1-3H3/t12-,18-,20?/m0/s1. The SMILES string of the molecule is Cc1noc(C)c1Cn1cc([C@@H]2CC(O)(c3ccc(C(F)(F)F)cc3)C[C@H](C)N2)nn1. The van der Waals surface area contributed by atoms with Gasteiger partial charge in [-0.05, 0) is 44.9 Å². The molecule has 10 heteroatoms. The van der Waals surface area contributed by atoms with Crippen LogP contribution < -0.4 is 5.32 Å². The Kier molecular flexibility index (Phi) is 5.38. The number of nitrogens with zero attached hydrogens (tertiary/aromatic N) is 4. The first kappa shape index (κ1) is 21.5. The number of rotatable bonds is 4. The minimum atomic E-state index is -4.41. The van der Waals surface area contributed by atoms with E-state index in [-0.39, 0.29) is 18.5 Å². The second kappa shape index (κ2) is 7.76. The lowest BCUT2D eigenvalue weighted by Gasteiger charge is -2.40. The lowest BCUT2D eigenvalue weighted by Crippen LogP contribution is -2.47. The molecule has 0 spiro atoms. The molecule has 3 heterocycles. The van der Waals surface area contributed by atoms with Crippen LogP contribution in [-0.4, -0.2) is 31.3 Å². The zero-order valence-electron chi connectivity index (χ0n) is 17.4. The smallest absolute Gasteiger partial charge is 0.385 e. The molecule has 2 aromatic heterocycles. The summed E-state index contributed by atoms with van der Waals surface area (Å²) in [5.74, 6) is 0.718. The van der Waals surface area contributed by atoms with E-state index in [1.165, 1.54) is 12.1 Å². The predicted octanol–water partition coefficient (Wildman–Crippen LogP) is 3.65. The van der Waals surface area contributed by atoms with Gasteiger partial charge in [0.15, 0.2) is 0 Å². The summed E-state index contributed by atoms with van der Waals surface area (Å²) < 4.78 is 45.5. The van der Waals surface area contributed by atoms with E-state index in [9.17, 15) is 18.3 Å². The Bertz CT molecular complexity index is 1040. The van der Waals surface area contributed by atoms with Gasteiger partial charge in [0, 0.05) is 18.0 Å². The monoisotopic (exact) mass is 435 g/mol. The van der Waals surface area contributed by atoms with E-state index < -0.39 is 17.3 Å². The van der Waals surface area contributed by atoms with E-state index in [0.717, 1.165) is 29.2 Å². The van der Waals surface area contributed by atoms with Gasteiger partial charge < -0.3 is 14.9 Å². The molecular weight excluding hydrogens is 411 g/mol. The Hall–Kier alpha value is -2.72. The number of nitrogens with one attached hydrogen (secondary N) is 1. The second-order valence-electron chi connectivity index (χ2n) is 8.28. The molecule has 0 amide bonds.